The van der Waals surface area contributed by atoms with Crippen molar-refractivity contribution in [1.29, 1.82) is 0 Å². The molecule has 0 aliphatic carbocycles. The maximum absolute atomic E-state index is 14.1. The molecular formula is C20H15ClFNO5S. The van der Waals surface area contributed by atoms with Gasteiger partial charge in [-0.05, 0) is 43.0 Å². The predicted molar refractivity (Wildman–Crippen MR) is 107 cm³/mol. The van der Waals surface area contributed by atoms with E-state index in [1.807, 2.05) is 6.92 Å². The summed E-state index contributed by atoms with van der Waals surface area (Å²) in [6.07, 6.45) is 1.56. The molecule has 2 aromatic rings. The van der Waals surface area contributed by atoms with Gasteiger partial charge in [-0.2, -0.15) is 0 Å². The summed E-state index contributed by atoms with van der Waals surface area (Å²) in [6, 6.07) is 7.58. The number of amides is 2. The Morgan fingerprint density at radius 2 is 2.03 bits per heavy atom. The molecule has 2 aromatic carbocycles. The molecule has 29 heavy (non-hydrogen) atoms. The maximum atomic E-state index is 14.1. The summed E-state index contributed by atoms with van der Waals surface area (Å²) < 4.78 is 30.4. The van der Waals surface area contributed by atoms with E-state index in [2.05, 4.69) is 0 Å². The summed E-state index contributed by atoms with van der Waals surface area (Å²) in [5, 5.41) is -0.346. The number of imide groups is 1. The third kappa shape index (κ3) is 3.77. The van der Waals surface area contributed by atoms with E-state index >= 15 is 0 Å². The van der Waals surface area contributed by atoms with Gasteiger partial charge in [0.05, 0.1) is 18.1 Å². The van der Waals surface area contributed by atoms with Crippen molar-refractivity contribution in [3.63, 3.8) is 0 Å². The lowest BCUT2D eigenvalue weighted by molar-refractivity contribution is -0.123. The van der Waals surface area contributed by atoms with Gasteiger partial charge in [0.1, 0.15) is 11.6 Å². The van der Waals surface area contributed by atoms with Crippen LogP contribution in [-0.4, -0.2) is 29.4 Å². The molecule has 9 heteroatoms. The first-order chi connectivity index (χ1) is 14.0. The largest absolute Gasteiger partial charge is 0.493 e. The predicted octanol–water partition coefficient (Wildman–Crippen LogP) is 4.84. The van der Waals surface area contributed by atoms with E-state index in [1.165, 1.54) is 18.2 Å². The van der Waals surface area contributed by atoms with E-state index in [9.17, 15) is 14.0 Å². The molecule has 0 spiro atoms. The summed E-state index contributed by atoms with van der Waals surface area (Å²) in [7, 11) is 0. The Kier molecular flexibility index (Phi) is 5.38. The molecule has 6 nitrogen and oxygen atoms in total. The van der Waals surface area contributed by atoms with Crippen LogP contribution in [0.3, 0.4) is 0 Å². The summed E-state index contributed by atoms with van der Waals surface area (Å²) in [4.78, 5) is 26.4. The number of nitrogens with zero attached hydrogens (tertiary/aromatic N) is 1. The highest BCUT2D eigenvalue weighted by atomic mass is 35.5. The SMILES string of the molecule is CCOc1cc2c(cc1/C=C1/SC(=O)N(Cc3c(F)cccc3Cl)C1=O)OCO2. The summed E-state index contributed by atoms with van der Waals surface area (Å²) >= 11 is 6.80. The van der Waals surface area contributed by atoms with Crippen molar-refractivity contribution in [2.45, 2.75) is 13.5 Å². The van der Waals surface area contributed by atoms with E-state index in [0.29, 0.717) is 29.4 Å². The van der Waals surface area contributed by atoms with Gasteiger partial charge < -0.3 is 14.2 Å². The van der Waals surface area contributed by atoms with Gasteiger partial charge in [0, 0.05) is 22.2 Å². The second-order valence-electron chi connectivity index (χ2n) is 6.14. The summed E-state index contributed by atoms with van der Waals surface area (Å²) in [5.74, 6) is 0.472. The number of rotatable bonds is 5. The molecule has 2 aliphatic rings. The van der Waals surface area contributed by atoms with Crippen molar-refractivity contribution >= 4 is 40.6 Å². The number of carbonyl (C=O) groups excluding carboxylic acids is 2. The molecule has 0 atom stereocenters. The third-order valence-electron chi connectivity index (χ3n) is 4.34. The van der Waals surface area contributed by atoms with E-state index in [1.54, 1.807) is 18.2 Å². The van der Waals surface area contributed by atoms with Crippen LogP contribution in [0.2, 0.25) is 5.02 Å². The quantitative estimate of drug-likeness (QED) is 0.626. The fourth-order valence-electron chi connectivity index (χ4n) is 2.95. The smallest absolute Gasteiger partial charge is 0.293 e. The molecule has 1 saturated heterocycles. The highest BCUT2D eigenvalue weighted by Gasteiger charge is 2.36. The second kappa shape index (κ2) is 7.96. The first-order valence-corrected chi connectivity index (χ1v) is 9.92. The fourth-order valence-corrected chi connectivity index (χ4v) is 4.00. The molecule has 0 N–H and O–H groups in total. The lowest BCUT2D eigenvalue weighted by Crippen LogP contribution is -2.28. The molecule has 2 amide bonds. The van der Waals surface area contributed by atoms with Crippen molar-refractivity contribution in [2.24, 2.45) is 0 Å². The van der Waals surface area contributed by atoms with Gasteiger partial charge in [-0.3, -0.25) is 14.5 Å². The van der Waals surface area contributed by atoms with Crippen LogP contribution < -0.4 is 14.2 Å². The average molecular weight is 436 g/mol. The van der Waals surface area contributed by atoms with Crippen LogP contribution in [0.5, 0.6) is 17.2 Å². The minimum Gasteiger partial charge on any atom is -0.493 e. The lowest BCUT2D eigenvalue weighted by Gasteiger charge is -2.14. The van der Waals surface area contributed by atoms with Crippen LogP contribution in [0.25, 0.3) is 6.08 Å². The second-order valence-corrected chi connectivity index (χ2v) is 7.54. The number of hydrogen-bond donors (Lipinski definition) is 0. The van der Waals surface area contributed by atoms with Crippen molar-refractivity contribution in [3.8, 4) is 17.2 Å². The molecule has 150 valence electrons. The number of ether oxygens (including phenoxy) is 3. The molecule has 4 rings (SSSR count). The van der Waals surface area contributed by atoms with E-state index in [0.717, 1.165) is 16.7 Å². The minimum atomic E-state index is -0.574. The zero-order valence-corrected chi connectivity index (χ0v) is 16.8. The Labute approximate surface area is 175 Å². The summed E-state index contributed by atoms with van der Waals surface area (Å²) in [6.45, 7) is 2.10. The van der Waals surface area contributed by atoms with Gasteiger partial charge in [0.2, 0.25) is 6.79 Å². The first-order valence-electron chi connectivity index (χ1n) is 8.72. The third-order valence-corrected chi connectivity index (χ3v) is 5.60. The van der Waals surface area contributed by atoms with E-state index in [4.69, 9.17) is 25.8 Å². The Balaban J connectivity index is 1.64. The van der Waals surface area contributed by atoms with E-state index < -0.39 is 17.0 Å². The standard InChI is InChI=1S/C20H15ClFNO5S/c1-2-26-15-8-17-16(27-10-28-17)6-11(15)7-18-19(24)23(20(25)29-18)9-12-13(21)4-3-5-14(12)22/h3-8H,2,9-10H2,1H3/b18-7+. The molecule has 1 fully saturated rings. The molecule has 2 aliphatic heterocycles. The van der Waals surface area contributed by atoms with Gasteiger partial charge in [0.15, 0.2) is 11.5 Å². The Hall–Kier alpha value is -2.71. The number of carbonyl (C=O) groups is 2. The van der Waals surface area contributed by atoms with Gasteiger partial charge in [-0.25, -0.2) is 4.39 Å². The average Bonchev–Trinajstić information content (AvgIpc) is 3.24. The van der Waals surface area contributed by atoms with Gasteiger partial charge >= 0.3 is 0 Å². The molecule has 0 saturated carbocycles. The van der Waals surface area contributed by atoms with Crippen molar-refractivity contribution in [1.82, 2.24) is 4.90 Å². The van der Waals surface area contributed by atoms with Crippen LogP contribution in [0.15, 0.2) is 35.2 Å². The zero-order valence-electron chi connectivity index (χ0n) is 15.2. The van der Waals surface area contributed by atoms with Crippen molar-refractivity contribution in [3.05, 3.63) is 57.2 Å². The summed E-state index contributed by atoms with van der Waals surface area (Å²) in [5.41, 5.74) is 0.668. The number of halogens is 2. The minimum absolute atomic E-state index is 0.0933. The highest BCUT2D eigenvalue weighted by Crippen LogP contribution is 2.41. The molecule has 0 bridgehead atoms. The molecular weight excluding hydrogens is 421 g/mol. The Morgan fingerprint density at radius 1 is 1.28 bits per heavy atom. The van der Waals surface area contributed by atoms with Gasteiger partial charge in [0.25, 0.3) is 11.1 Å². The number of benzene rings is 2. The van der Waals surface area contributed by atoms with Crippen LogP contribution in [0, 0.1) is 5.82 Å². The number of fused-ring (bicyclic) bond motifs is 1. The maximum Gasteiger partial charge on any atom is 0.293 e. The monoisotopic (exact) mass is 435 g/mol. The van der Waals surface area contributed by atoms with Crippen LogP contribution >= 0.6 is 23.4 Å². The number of hydrogen-bond acceptors (Lipinski definition) is 6. The highest BCUT2D eigenvalue weighted by molar-refractivity contribution is 8.18. The Bertz CT molecular complexity index is 1020. The molecule has 2 heterocycles. The lowest BCUT2D eigenvalue weighted by atomic mass is 10.1. The molecule has 0 aromatic heterocycles. The Morgan fingerprint density at radius 3 is 2.76 bits per heavy atom. The normalized spacial score (nSPS) is 16.8. The van der Waals surface area contributed by atoms with Crippen LogP contribution in [-0.2, 0) is 11.3 Å². The zero-order chi connectivity index (χ0) is 20.5. The van der Waals surface area contributed by atoms with Crippen LogP contribution in [0.4, 0.5) is 9.18 Å². The fraction of sp³-hybridized carbons (Fsp3) is 0.200. The van der Waals surface area contributed by atoms with Gasteiger partial charge in [-0.15, -0.1) is 0 Å². The van der Waals surface area contributed by atoms with E-state index in [-0.39, 0.29) is 28.8 Å². The van der Waals surface area contributed by atoms with Crippen molar-refractivity contribution in [2.75, 3.05) is 13.4 Å². The van der Waals surface area contributed by atoms with Gasteiger partial charge in [-0.1, -0.05) is 17.7 Å². The number of thioether (sulfide) groups is 1. The first kappa shape index (κ1) is 19.6. The van der Waals surface area contributed by atoms with Crippen LogP contribution in [0.1, 0.15) is 18.1 Å². The molecule has 0 radical (unpaired) electrons. The molecule has 0 unspecified atom stereocenters. The van der Waals surface area contributed by atoms with Crippen molar-refractivity contribution < 1.29 is 28.2 Å². The topological polar surface area (TPSA) is 65.1 Å².